The largest absolute Gasteiger partial charge is 0.377 e. The lowest BCUT2D eigenvalue weighted by Crippen LogP contribution is -2.29. The lowest BCUT2D eigenvalue weighted by atomic mass is 9.98. The minimum absolute atomic E-state index is 0.837. The van der Waals surface area contributed by atoms with Crippen molar-refractivity contribution in [2.45, 2.75) is 26.7 Å². The summed E-state index contributed by atoms with van der Waals surface area (Å²) in [4.78, 5) is 13.7. The van der Waals surface area contributed by atoms with Gasteiger partial charge in [0.2, 0.25) is 0 Å². The third-order valence-corrected chi connectivity index (χ3v) is 5.98. The second kappa shape index (κ2) is 10.0. The fourth-order valence-electron chi connectivity index (χ4n) is 4.09. The summed E-state index contributed by atoms with van der Waals surface area (Å²) in [6, 6.07) is 8.26. The van der Waals surface area contributed by atoms with Gasteiger partial charge in [-0.3, -0.25) is 0 Å². The van der Waals surface area contributed by atoms with E-state index in [-0.39, 0.29) is 0 Å². The number of rotatable bonds is 8. The summed E-state index contributed by atoms with van der Waals surface area (Å²) in [5.41, 5.74) is 7.61. The average Bonchev–Trinajstić information content (AvgIpc) is 3.27. The predicted molar refractivity (Wildman–Crippen MR) is 135 cm³/mol. The molecule has 0 unspecified atom stereocenters. The van der Waals surface area contributed by atoms with Gasteiger partial charge in [-0.1, -0.05) is 12.2 Å². The first-order valence-electron chi connectivity index (χ1n) is 11.4. The van der Waals surface area contributed by atoms with E-state index in [4.69, 9.17) is 4.98 Å². The molecular weight excluding hydrogens is 410 g/mol. The van der Waals surface area contributed by atoms with Crippen LogP contribution in [0.5, 0.6) is 0 Å². The van der Waals surface area contributed by atoms with Gasteiger partial charge in [-0.25, -0.2) is 14.5 Å². The standard InChI is InChI=1S/C26H33N7/c1-6-23(20-10-13-26-27-18-28-33(26)17-20)24-11-12-25(29-19(24)2)30-21-8-7-9-22(16-21)32(5)15-14-31(3)4/h6,8,10-13,16-18H,7,9,14-15H2,1-5H3,(H,29,30)/b23-6-. The minimum Gasteiger partial charge on any atom is -0.377 e. The van der Waals surface area contributed by atoms with Crippen molar-refractivity contribution in [2.75, 3.05) is 39.5 Å². The van der Waals surface area contributed by atoms with E-state index in [1.54, 1.807) is 10.8 Å². The predicted octanol–water partition coefficient (Wildman–Crippen LogP) is 4.35. The molecule has 172 valence electrons. The van der Waals surface area contributed by atoms with Gasteiger partial charge in [0.25, 0.3) is 0 Å². The van der Waals surface area contributed by atoms with Crippen molar-refractivity contribution in [3.63, 3.8) is 0 Å². The molecule has 0 amide bonds. The molecule has 1 aliphatic rings. The van der Waals surface area contributed by atoms with Gasteiger partial charge in [-0.05, 0) is 76.7 Å². The molecule has 0 fully saturated rings. The van der Waals surface area contributed by atoms with Crippen molar-refractivity contribution in [1.82, 2.24) is 29.4 Å². The summed E-state index contributed by atoms with van der Waals surface area (Å²) < 4.78 is 1.80. The number of allylic oxidation sites excluding steroid dienone is 4. The Morgan fingerprint density at radius 2 is 2.00 bits per heavy atom. The second-order valence-corrected chi connectivity index (χ2v) is 8.70. The van der Waals surface area contributed by atoms with Crippen molar-refractivity contribution in [3.05, 3.63) is 83.2 Å². The van der Waals surface area contributed by atoms with E-state index in [0.29, 0.717) is 0 Å². The topological polar surface area (TPSA) is 61.6 Å². The molecule has 3 heterocycles. The summed E-state index contributed by atoms with van der Waals surface area (Å²) in [5.74, 6) is 0.859. The third kappa shape index (κ3) is 5.31. The van der Waals surface area contributed by atoms with Crippen molar-refractivity contribution < 1.29 is 0 Å². The summed E-state index contributed by atoms with van der Waals surface area (Å²) in [7, 11) is 6.39. The number of aryl methyl sites for hydroxylation is 1. The zero-order valence-corrected chi connectivity index (χ0v) is 20.2. The molecule has 0 bridgehead atoms. The molecule has 0 radical (unpaired) electrons. The molecule has 4 rings (SSSR count). The van der Waals surface area contributed by atoms with Crippen LogP contribution in [-0.4, -0.2) is 63.6 Å². The monoisotopic (exact) mass is 443 g/mol. The molecule has 1 N–H and O–H groups in total. The average molecular weight is 444 g/mol. The Morgan fingerprint density at radius 1 is 1.15 bits per heavy atom. The smallest absolute Gasteiger partial charge is 0.155 e. The van der Waals surface area contributed by atoms with Crippen LogP contribution < -0.4 is 5.32 Å². The van der Waals surface area contributed by atoms with Gasteiger partial charge in [0, 0.05) is 54.5 Å². The number of hydrogen-bond donors (Lipinski definition) is 1. The van der Waals surface area contributed by atoms with E-state index < -0.39 is 0 Å². The van der Waals surface area contributed by atoms with Crippen LogP contribution in [0.1, 0.15) is 36.6 Å². The molecule has 0 atom stereocenters. The fraction of sp³-hybridized carbons (Fsp3) is 0.346. The highest BCUT2D eigenvalue weighted by molar-refractivity contribution is 5.81. The molecule has 1 aliphatic carbocycles. The Bertz CT molecular complexity index is 1220. The zero-order chi connectivity index (χ0) is 23.4. The number of nitrogens with one attached hydrogen (secondary N) is 1. The molecular formula is C26H33N7. The number of pyridine rings is 2. The van der Waals surface area contributed by atoms with Crippen LogP contribution in [0.15, 0.2) is 66.4 Å². The minimum atomic E-state index is 0.837. The zero-order valence-electron chi connectivity index (χ0n) is 20.2. The number of likely N-dealkylation sites (N-methyl/N-ethyl adjacent to an activating group) is 2. The summed E-state index contributed by atoms with van der Waals surface area (Å²) >= 11 is 0. The quantitative estimate of drug-likeness (QED) is 0.558. The lowest BCUT2D eigenvalue weighted by molar-refractivity contribution is 0.319. The Labute approximate surface area is 196 Å². The van der Waals surface area contributed by atoms with E-state index in [0.717, 1.165) is 65.5 Å². The normalized spacial score (nSPS) is 14.4. The van der Waals surface area contributed by atoms with E-state index in [9.17, 15) is 0 Å². The number of hydrogen-bond acceptors (Lipinski definition) is 6. The van der Waals surface area contributed by atoms with Gasteiger partial charge >= 0.3 is 0 Å². The van der Waals surface area contributed by atoms with Crippen LogP contribution in [0.3, 0.4) is 0 Å². The summed E-state index contributed by atoms with van der Waals surface area (Å²) in [6.07, 6.45) is 12.3. The van der Waals surface area contributed by atoms with E-state index in [1.807, 2.05) is 12.3 Å². The molecule has 3 aromatic heterocycles. The van der Waals surface area contributed by atoms with E-state index in [1.165, 1.54) is 5.70 Å². The first-order chi connectivity index (χ1) is 15.9. The van der Waals surface area contributed by atoms with Gasteiger partial charge in [0.05, 0.1) is 0 Å². The molecule has 0 spiro atoms. The summed E-state index contributed by atoms with van der Waals surface area (Å²) in [6.45, 7) is 6.17. The Kier molecular flexibility index (Phi) is 6.89. The van der Waals surface area contributed by atoms with Gasteiger partial charge in [0.1, 0.15) is 12.1 Å². The summed E-state index contributed by atoms with van der Waals surface area (Å²) in [5, 5.41) is 7.78. The Morgan fingerprint density at radius 3 is 2.76 bits per heavy atom. The fourth-order valence-corrected chi connectivity index (χ4v) is 4.09. The molecule has 0 aromatic carbocycles. The van der Waals surface area contributed by atoms with Crippen LogP contribution in [-0.2, 0) is 0 Å². The molecule has 0 saturated heterocycles. The van der Waals surface area contributed by atoms with Crippen molar-refractivity contribution in [3.8, 4) is 0 Å². The number of anilines is 1. The number of aromatic nitrogens is 4. The SMILES string of the molecule is C/C=C(/c1ccc2ncnn2c1)c1ccc(NC2=CCCC(N(C)CCN(C)C)=C2)nc1C. The molecule has 7 nitrogen and oxygen atoms in total. The highest BCUT2D eigenvalue weighted by atomic mass is 15.3. The van der Waals surface area contributed by atoms with Crippen LogP contribution >= 0.6 is 0 Å². The first kappa shape index (κ1) is 22.7. The third-order valence-electron chi connectivity index (χ3n) is 5.98. The highest BCUT2D eigenvalue weighted by Gasteiger charge is 2.13. The van der Waals surface area contributed by atoms with Crippen LogP contribution in [0.2, 0.25) is 0 Å². The maximum atomic E-state index is 4.87. The van der Waals surface area contributed by atoms with E-state index >= 15 is 0 Å². The Hall–Kier alpha value is -3.45. The van der Waals surface area contributed by atoms with Crippen LogP contribution in [0.4, 0.5) is 5.82 Å². The van der Waals surface area contributed by atoms with E-state index in [2.05, 4.69) is 96.6 Å². The molecule has 0 saturated carbocycles. The first-order valence-corrected chi connectivity index (χ1v) is 11.4. The van der Waals surface area contributed by atoms with Crippen LogP contribution in [0.25, 0.3) is 11.2 Å². The number of fused-ring (bicyclic) bond motifs is 1. The molecule has 0 aliphatic heterocycles. The molecule has 7 heteroatoms. The second-order valence-electron chi connectivity index (χ2n) is 8.70. The van der Waals surface area contributed by atoms with Crippen LogP contribution in [0, 0.1) is 6.92 Å². The highest BCUT2D eigenvalue weighted by Crippen LogP contribution is 2.27. The van der Waals surface area contributed by atoms with Gasteiger partial charge < -0.3 is 15.1 Å². The molecule has 33 heavy (non-hydrogen) atoms. The van der Waals surface area contributed by atoms with Crippen molar-refractivity contribution in [2.24, 2.45) is 0 Å². The van der Waals surface area contributed by atoms with Crippen molar-refractivity contribution >= 4 is 17.0 Å². The lowest BCUT2D eigenvalue weighted by Gasteiger charge is -2.27. The van der Waals surface area contributed by atoms with Gasteiger partial charge in [-0.15, -0.1) is 0 Å². The van der Waals surface area contributed by atoms with Gasteiger partial charge in [0.15, 0.2) is 5.65 Å². The van der Waals surface area contributed by atoms with Gasteiger partial charge in [-0.2, -0.15) is 5.10 Å². The number of nitrogens with zero attached hydrogens (tertiary/aromatic N) is 6. The van der Waals surface area contributed by atoms with Crippen molar-refractivity contribution in [1.29, 1.82) is 0 Å². The maximum Gasteiger partial charge on any atom is 0.155 e. The molecule has 3 aromatic rings. The Balaban J connectivity index is 1.51. The maximum absolute atomic E-state index is 4.87.